The third kappa shape index (κ3) is 4.24. The van der Waals surface area contributed by atoms with Crippen LogP contribution in [-0.4, -0.2) is 36.9 Å². The second-order valence-corrected chi connectivity index (χ2v) is 9.45. The first-order valence-corrected chi connectivity index (χ1v) is 10.9. The van der Waals surface area contributed by atoms with E-state index >= 15 is 0 Å². The van der Waals surface area contributed by atoms with Gasteiger partial charge < -0.3 is 9.26 Å². The van der Waals surface area contributed by atoms with Gasteiger partial charge in [-0.05, 0) is 50.8 Å². The SMILES string of the molecule is Cc1noc(C)c1COC(=O)c1ccc(Cl)c(S(=O)(=O)N2CCCC(C)C2)c1. The summed E-state index contributed by atoms with van der Waals surface area (Å²) < 4.78 is 37.9. The van der Waals surface area contributed by atoms with Gasteiger partial charge in [-0.2, -0.15) is 4.31 Å². The molecule has 1 aliphatic rings. The molecule has 9 heteroatoms. The third-order valence-electron chi connectivity index (χ3n) is 4.93. The molecule has 1 aromatic carbocycles. The first-order chi connectivity index (χ1) is 13.2. The number of benzene rings is 1. The molecular weight excluding hydrogens is 404 g/mol. The van der Waals surface area contributed by atoms with Crippen molar-refractivity contribution < 1.29 is 22.5 Å². The van der Waals surface area contributed by atoms with Crippen LogP contribution >= 0.6 is 11.6 Å². The van der Waals surface area contributed by atoms with E-state index in [4.69, 9.17) is 20.9 Å². The third-order valence-corrected chi connectivity index (χ3v) is 7.28. The first-order valence-electron chi connectivity index (χ1n) is 9.08. The van der Waals surface area contributed by atoms with Crippen LogP contribution in [0.4, 0.5) is 0 Å². The zero-order valence-corrected chi connectivity index (χ0v) is 17.6. The Bertz CT molecular complexity index is 967. The Morgan fingerprint density at radius 2 is 2.14 bits per heavy atom. The fourth-order valence-corrected chi connectivity index (χ4v) is 5.36. The van der Waals surface area contributed by atoms with Gasteiger partial charge in [0.25, 0.3) is 0 Å². The minimum atomic E-state index is -3.78. The number of carbonyl (C=O) groups is 1. The van der Waals surface area contributed by atoms with Gasteiger partial charge in [0.1, 0.15) is 17.3 Å². The largest absolute Gasteiger partial charge is 0.457 e. The summed E-state index contributed by atoms with van der Waals surface area (Å²) in [6, 6.07) is 4.15. The van der Waals surface area contributed by atoms with E-state index in [1.54, 1.807) is 13.8 Å². The van der Waals surface area contributed by atoms with Gasteiger partial charge in [-0.15, -0.1) is 0 Å². The lowest BCUT2D eigenvalue weighted by molar-refractivity contribution is 0.0470. The second kappa shape index (κ2) is 8.23. The van der Waals surface area contributed by atoms with Crippen molar-refractivity contribution in [2.45, 2.75) is 45.1 Å². The highest BCUT2D eigenvalue weighted by Gasteiger charge is 2.31. The van der Waals surface area contributed by atoms with Crippen molar-refractivity contribution >= 4 is 27.6 Å². The number of sulfonamides is 1. The van der Waals surface area contributed by atoms with Crippen LogP contribution in [-0.2, 0) is 21.4 Å². The van der Waals surface area contributed by atoms with Crippen LogP contribution in [0.1, 0.15) is 47.1 Å². The Hall–Kier alpha value is -1.90. The van der Waals surface area contributed by atoms with Gasteiger partial charge in [0.05, 0.1) is 21.8 Å². The molecule has 28 heavy (non-hydrogen) atoms. The van der Waals surface area contributed by atoms with Crippen molar-refractivity contribution in [1.29, 1.82) is 0 Å². The van der Waals surface area contributed by atoms with Crippen LogP contribution in [0.2, 0.25) is 5.02 Å². The lowest BCUT2D eigenvalue weighted by Crippen LogP contribution is -2.39. The number of ether oxygens (including phenoxy) is 1. The summed E-state index contributed by atoms with van der Waals surface area (Å²) in [5.74, 6) is 0.217. The van der Waals surface area contributed by atoms with Crippen LogP contribution in [0.25, 0.3) is 0 Å². The second-order valence-electron chi connectivity index (χ2n) is 7.13. The predicted octanol–water partition coefficient (Wildman–Crippen LogP) is 3.72. The number of halogens is 1. The van der Waals surface area contributed by atoms with E-state index in [2.05, 4.69) is 5.16 Å². The summed E-state index contributed by atoms with van der Waals surface area (Å²) in [6.07, 6.45) is 1.80. The monoisotopic (exact) mass is 426 g/mol. The maximum Gasteiger partial charge on any atom is 0.338 e. The summed E-state index contributed by atoms with van der Waals surface area (Å²) >= 11 is 6.16. The molecule has 1 atom stereocenters. The number of hydrogen-bond acceptors (Lipinski definition) is 6. The Labute approximate surface area is 169 Å². The van der Waals surface area contributed by atoms with Crippen molar-refractivity contribution in [1.82, 2.24) is 9.46 Å². The molecule has 0 aliphatic carbocycles. The van der Waals surface area contributed by atoms with Gasteiger partial charge in [0.15, 0.2) is 0 Å². The van der Waals surface area contributed by atoms with Gasteiger partial charge in [0, 0.05) is 13.1 Å². The predicted molar refractivity (Wildman–Crippen MR) is 104 cm³/mol. The lowest BCUT2D eigenvalue weighted by atomic mass is 10.0. The van der Waals surface area contributed by atoms with Crippen molar-refractivity contribution in [2.24, 2.45) is 5.92 Å². The van der Waals surface area contributed by atoms with E-state index in [1.807, 2.05) is 6.92 Å². The van der Waals surface area contributed by atoms with E-state index in [0.29, 0.717) is 30.1 Å². The van der Waals surface area contributed by atoms with E-state index in [-0.39, 0.29) is 28.0 Å². The van der Waals surface area contributed by atoms with Crippen LogP contribution < -0.4 is 0 Å². The van der Waals surface area contributed by atoms with Gasteiger partial charge in [-0.25, -0.2) is 13.2 Å². The smallest absolute Gasteiger partial charge is 0.338 e. The fraction of sp³-hybridized carbons (Fsp3) is 0.474. The summed E-state index contributed by atoms with van der Waals surface area (Å²) in [6.45, 7) is 6.39. The summed E-state index contributed by atoms with van der Waals surface area (Å²) in [4.78, 5) is 12.4. The van der Waals surface area contributed by atoms with Crippen molar-refractivity contribution in [3.05, 3.63) is 45.8 Å². The molecule has 3 rings (SSSR count). The van der Waals surface area contributed by atoms with Gasteiger partial charge in [-0.3, -0.25) is 0 Å². The van der Waals surface area contributed by atoms with E-state index in [9.17, 15) is 13.2 Å². The highest BCUT2D eigenvalue weighted by Crippen LogP contribution is 2.29. The van der Waals surface area contributed by atoms with E-state index in [1.165, 1.54) is 22.5 Å². The number of aryl methyl sites for hydroxylation is 2. The number of rotatable bonds is 5. The highest BCUT2D eigenvalue weighted by molar-refractivity contribution is 7.89. The number of nitrogens with zero attached hydrogens (tertiary/aromatic N) is 2. The molecule has 0 bridgehead atoms. The molecule has 1 unspecified atom stereocenters. The highest BCUT2D eigenvalue weighted by atomic mass is 35.5. The number of carbonyl (C=O) groups excluding carboxylic acids is 1. The Morgan fingerprint density at radius 3 is 2.79 bits per heavy atom. The molecule has 0 N–H and O–H groups in total. The number of esters is 1. The number of aromatic nitrogens is 1. The zero-order valence-electron chi connectivity index (χ0n) is 16.1. The normalized spacial score (nSPS) is 18.2. The van der Waals surface area contributed by atoms with Crippen molar-refractivity contribution in [2.75, 3.05) is 13.1 Å². The Balaban J connectivity index is 1.81. The molecule has 152 valence electrons. The molecule has 1 aromatic heterocycles. The molecule has 0 spiro atoms. The molecule has 1 saturated heterocycles. The molecule has 0 radical (unpaired) electrons. The molecule has 1 aliphatic heterocycles. The topological polar surface area (TPSA) is 89.7 Å². The average Bonchev–Trinajstić information content (AvgIpc) is 2.97. The van der Waals surface area contributed by atoms with Gasteiger partial charge >= 0.3 is 5.97 Å². The fourth-order valence-electron chi connectivity index (χ4n) is 3.26. The van der Waals surface area contributed by atoms with Crippen LogP contribution in [0.3, 0.4) is 0 Å². The number of piperidine rings is 1. The Morgan fingerprint density at radius 1 is 1.39 bits per heavy atom. The summed E-state index contributed by atoms with van der Waals surface area (Å²) in [5, 5.41) is 3.90. The summed E-state index contributed by atoms with van der Waals surface area (Å²) in [5.41, 5.74) is 1.46. The van der Waals surface area contributed by atoms with Crippen LogP contribution in [0.15, 0.2) is 27.6 Å². The standard InChI is InChI=1S/C19H23ClN2O5S/c1-12-5-4-8-22(10-12)28(24,25)18-9-15(6-7-17(18)20)19(23)26-11-16-13(2)21-27-14(16)3/h6-7,9,12H,4-5,8,10-11H2,1-3H3. The van der Waals surface area contributed by atoms with Gasteiger partial charge in [-0.1, -0.05) is 23.7 Å². The molecule has 2 aromatic rings. The van der Waals surface area contributed by atoms with Crippen LogP contribution in [0, 0.1) is 19.8 Å². The molecule has 1 fully saturated rings. The van der Waals surface area contributed by atoms with E-state index < -0.39 is 16.0 Å². The minimum absolute atomic E-state index is 0.00561. The molecule has 0 saturated carbocycles. The molecule has 2 heterocycles. The van der Waals surface area contributed by atoms with E-state index in [0.717, 1.165) is 12.8 Å². The van der Waals surface area contributed by atoms with Crippen molar-refractivity contribution in [3.8, 4) is 0 Å². The quantitative estimate of drug-likeness (QED) is 0.677. The number of hydrogen-bond donors (Lipinski definition) is 0. The first kappa shape index (κ1) is 20.8. The van der Waals surface area contributed by atoms with Crippen LogP contribution in [0.5, 0.6) is 0 Å². The molecular formula is C19H23ClN2O5S. The maximum atomic E-state index is 13.0. The minimum Gasteiger partial charge on any atom is -0.457 e. The van der Waals surface area contributed by atoms with Gasteiger partial charge in [0.2, 0.25) is 10.0 Å². The Kier molecular flexibility index (Phi) is 6.12. The maximum absolute atomic E-state index is 13.0. The molecule has 7 nitrogen and oxygen atoms in total. The van der Waals surface area contributed by atoms with Crippen molar-refractivity contribution in [3.63, 3.8) is 0 Å². The zero-order chi connectivity index (χ0) is 20.5. The molecule has 0 amide bonds. The average molecular weight is 427 g/mol. The summed E-state index contributed by atoms with van der Waals surface area (Å²) in [7, 11) is -3.78. The lowest BCUT2D eigenvalue weighted by Gasteiger charge is -2.30.